The Labute approximate surface area is 276 Å². The minimum absolute atomic E-state index is 0.234. The van der Waals surface area contributed by atoms with E-state index in [1.807, 2.05) is 56.7 Å². The Kier molecular flexibility index (Phi) is 8.80. The first-order valence-corrected chi connectivity index (χ1v) is 16.0. The van der Waals surface area contributed by atoms with Crippen LogP contribution < -0.4 is 16.4 Å². The number of amides is 3. The molecule has 0 aliphatic rings. The van der Waals surface area contributed by atoms with Crippen LogP contribution in [0.3, 0.4) is 0 Å². The molecule has 4 aromatic heterocycles. The Hall–Kier alpha value is -5.79. The minimum Gasteiger partial charge on any atom is -0.366 e. The van der Waals surface area contributed by atoms with Gasteiger partial charge in [0.2, 0.25) is 17.8 Å². The molecule has 0 spiro atoms. The van der Waals surface area contributed by atoms with Crippen LogP contribution in [0.25, 0.3) is 22.1 Å². The molecular weight excluding hydrogens is 610 g/mol. The molecule has 0 atom stereocenters. The normalized spacial score (nSPS) is 11.4. The summed E-state index contributed by atoms with van der Waals surface area (Å²) in [6.45, 7) is 6.87. The summed E-state index contributed by atoms with van der Waals surface area (Å²) in [5, 5.41) is 15.1. The predicted octanol–water partition coefficient (Wildman–Crippen LogP) is 4.51. The fourth-order valence-electron chi connectivity index (χ4n) is 6.09. The fraction of sp³-hybridized carbons (Fsp3) is 0.324. The lowest BCUT2D eigenvalue weighted by molar-refractivity contribution is 0.0994. The van der Waals surface area contributed by atoms with Crippen molar-refractivity contribution in [1.29, 1.82) is 0 Å². The molecule has 14 nitrogen and oxygen atoms in total. The van der Waals surface area contributed by atoms with E-state index in [1.54, 1.807) is 45.2 Å². The van der Waals surface area contributed by atoms with E-state index in [4.69, 9.17) is 5.73 Å². The molecule has 0 saturated carbocycles. The van der Waals surface area contributed by atoms with Crippen molar-refractivity contribution in [2.45, 2.75) is 59.5 Å². The number of unbranched alkanes of at least 4 members (excludes halogenated alkanes) is 2. The molecular formula is C34H39N11O3. The molecule has 6 aromatic rings. The van der Waals surface area contributed by atoms with Gasteiger partial charge < -0.3 is 14.9 Å². The molecule has 2 aromatic carbocycles. The van der Waals surface area contributed by atoms with Crippen LogP contribution in [0.4, 0.5) is 11.9 Å². The lowest BCUT2D eigenvalue weighted by Gasteiger charge is -2.10. The summed E-state index contributed by atoms with van der Waals surface area (Å²) in [7, 11) is 3.67. The van der Waals surface area contributed by atoms with Crippen molar-refractivity contribution in [3.05, 3.63) is 82.4 Å². The van der Waals surface area contributed by atoms with Crippen molar-refractivity contribution in [2.75, 3.05) is 10.6 Å². The molecule has 4 N–H and O–H groups in total. The van der Waals surface area contributed by atoms with Crippen LogP contribution in [0, 0.1) is 13.8 Å². The average molecular weight is 650 g/mol. The Morgan fingerprint density at radius 3 is 2.19 bits per heavy atom. The van der Waals surface area contributed by atoms with Crippen LogP contribution >= 0.6 is 0 Å². The summed E-state index contributed by atoms with van der Waals surface area (Å²) in [5.74, 6) is -0.276. The number of primary amides is 1. The van der Waals surface area contributed by atoms with E-state index in [0.29, 0.717) is 53.9 Å². The second kappa shape index (κ2) is 13.1. The zero-order valence-corrected chi connectivity index (χ0v) is 27.7. The number of carbonyl (C=O) groups excluding carboxylic acids is 3. The Morgan fingerprint density at radius 1 is 0.792 bits per heavy atom. The Balaban J connectivity index is 1.09. The van der Waals surface area contributed by atoms with Gasteiger partial charge in [0.15, 0.2) is 0 Å². The highest BCUT2D eigenvalue weighted by atomic mass is 16.2. The van der Waals surface area contributed by atoms with E-state index in [2.05, 4.69) is 30.8 Å². The lowest BCUT2D eigenvalue weighted by atomic mass is 10.0. The van der Waals surface area contributed by atoms with Gasteiger partial charge in [-0.15, -0.1) is 0 Å². The number of hydrogen-bond donors (Lipinski definition) is 3. The molecule has 0 aliphatic carbocycles. The second-order valence-electron chi connectivity index (χ2n) is 11.9. The van der Waals surface area contributed by atoms with E-state index in [0.717, 1.165) is 52.8 Å². The molecule has 0 radical (unpaired) electrons. The SMILES string of the molecule is CCn1nc(C)c(CCCCCn2nc(C)cc2C(=O)Nc2nc3cc(C(N)=O)ccc3n2C)c1C(=O)Nc1nc2ccccc2n1C. The number of nitrogens with zero attached hydrogens (tertiary/aromatic N) is 8. The average Bonchev–Trinajstić information content (AvgIpc) is 3.79. The molecule has 0 saturated heterocycles. The summed E-state index contributed by atoms with van der Waals surface area (Å²) in [6.07, 6.45) is 3.16. The number of imidazole rings is 2. The highest BCUT2D eigenvalue weighted by molar-refractivity contribution is 6.04. The zero-order chi connectivity index (χ0) is 34.1. The van der Waals surface area contributed by atoms with Gasteiger partial charge in [-0.25, -0.2) is 9.97 Å². The van der Waals surface area contributed by atoms with Gasteiger partial charge in [0, 0.05) is 38.3 Å². The maximum absolute atomic E-state index is 13.6. The third-order valence-corrected chi connectivity index (χ3v) is 8.60. The van der Waals surface area contributed by atoms with E-state index in [9.17, 15) is 14.4 Å². The molecule has 0 unspecified atom stereocenters. The summed E-state index contributed by atoms with van der Waals surface area (Å²) < 4.78 is 7.09. The van der Waals surface area contributed by atoms with Gasteiger partial charge in [-0.2, -0.15) is 10.2 Å². The van der Waals surface area contributed by atoms with Crippen molar-refractivity contribution < 1.29 is 14.4 Å². The number of anilines is 2. The first-order chi connectivity index (χ1) is 23.0. The van der Waals surface area contributed by atoms with Gasteiger partial charge in [0.1, 0.15) is 11.4 Å². The number of aryl methyl sites for hydroxylation is 6. The largest absolute Gasteiger partial charge is 0.366 e. The summed E-state index contributed by atoms with van der Waals surface area (Å²) in [5.41, 5.74) is 12.3. The van der Waals surface area contributed by atoms with Crippen LogP contribution in [-0.2, 0) is 33.6 Å². The Bertz CT molecular complexity index is 2180. The van der Waals surface area contributed by atoms with Crippen LogP contribution in [0.5, 0.6) is 0 Å². The number of para-hydroxylation sites is 2. The first-order valence-electron chi connectivity index (χ1n) is 16.0. The van der Waals surface area contributed by atoms with E-state index >= 15 is 0 Å². The minimum atomic E-state index is -0.543. The van der Waals surface area contributed by atoms with Crippen molar-refractivity contribution in [2.24, 2.45) is 19.8 Å². The maximum atomic E-state index is 13.6. The van der Waals surface area contributed by atoms with Crippen molar-refractivity contribution in [3.8, 4) is 0 Å². The molecule has 6 rings (SSSR count). The van der Waals surface area contributed by atoms with E-state index in [1.165, 1.54) is 0 Å². The summed E-state index contributed by atoms with van der Waals surface area (Å²) in [6, 6.07) is 14.5. The van der Waals surface area contributed by atoms with Crippen LogP contribution in [0.1, 0.15) is 74.5 Å². The number of nitrogens with one attached hydrogen (secondary N) is 2. The number of nitrogens with two attached hydrogens (primary N) is 1. The highest BCUT2D eigenvalue weighted by Crippen LogP contribution is 2.23. The lowest BCUT2D eigenvalue weighted by Crippen LogP contribution is -2.21. The smallest absolute Gasteiger partial charge is 0.276 e. The predicted molar refractivity (Wildman–Crippen MR) is 183 cm³/mol. The van der Waals surface area contributed by atoms with Crippen molar-refractivity contribution >= 4 is 51.7 Å². The zero-order valence-electron chi connectivity index (χ0n) is 27.7. The molecule has 248 valence electrons. The summed E-state index contributed by atoms with van der Waals surface area (Å²) >= 11 is 0. The van der Waals surface area contributed by atoms with Crippen LogP contribution in [0.2, 0.25) is 0 Å². The number of hydrogen-bond acceptors (Lipinski definition) is 7. The number of aromatic nitrogens is 8. The van der Waals surface area contributed by atoms with Gasteiger partial charge in [0.25, 0.3) is 11.8 Å². The standard InChI is InChI=1S/C34H39N11O3/c1-6-44-29(32(48)39-33-36-24-13-9-10-14-26(24)42(33)4)23(21(3)41-44)12-8-7-11-17-45-28(18-20(2)40-45)31(47)38-34-37-25-19-22(30(35)46)15-16-27(25)43(34)5/h9-10,13-16,18-19H,6-8,11-12,17H2,1-5H3,(H2,35,46)(H,36,39,48)(H,37,38,47). The molecule has 0 bridgehead atoms. The van der Waals surface area contributed by atoms with Gasteiger partial charge >= 0.3 is 0 Å². The van der Waals surface area contributed by atoms with Crippen molar-refractivity contribution in [1.82, 2.24) is 38.7 Å². The van der Waals surface area contributed by atoms with Gasteiger partial charge in [0.05, 0.1) is 33.5 Å². The van der Waals surface area contributed by atoms with E-state index < -0.39 is 5.91 Å². The molecule has 3 amide bonds. The molecule has 48 heavy (non-hydrogen) atoms. The van der Waals surface area contributed by atoms with Gasteiger partial charge in [-0.3, -0.25) is 34.4 Å². The first kappa shape index (κ1) is 32.2. The van der Waals surface area contributed by atoms with Gasteiger partial charge in [-0.1, -0.05) is 18.6 Å². The number of fused-ring (bicyclic) bond motifs is 2. The molecule has 0 fully saturated rings. The number of carbonyl (C=O) groups is 3. The molecule has 0 aliphatic heterocycles. The topological polar surface area (TPSA) is 173 Å². The Morgan fingerprint density at radius 2 is 1.48 bits per heavy atom. The second-order valence-corrected chi connectivity index (χ2v) is 11.9. The van der Waals surface area contributed by atoms with Gasteiger partial charge in [-0.05, 0) is 76.4 Å². The fourth-order valence-corrected chi connectivity index (χ4v) is 6.09. The summed E-state index contributed by atoms with van der Waals surface area (Å²) in [4.78, 5) is 47.6. The molecule has 14 heteroatoms. The quantitative estimate of drug-likeness (QED) is 0.164. The van der Waals surface area contributed by atoms with Crippen LogP contribution in [-0.4, -0.2) is 56.4 Å². The third-order valence-electron chi connectivity index (χ3n) is 8.60. The molecule has 4 heterocycles. The third kappa shape index (κ3) is 6.16. The van der Waals surface area contributed by atoms with Crippen LogP contribution in [0.15, 0.2) is 48.5 Å². The number of rotatable bonds is 12. The monoisotopic (exact) mass is 649 g/mol. The van der Waals surface area contributed by atoms with E-state index in [-0.39, 0.29) is 11.8 Å². The maximum Gasteiger partial charge on any atom is 0.276 e. The van der Waals surface area contributed by atoms with Crippen molar-refractivity contribution in [3.63, 3.8) is 0 Å². The number of benzene rings is 2. The highest BCUT2D eigenvalue weighted by Gasteiger charge is 2.23.